The summed E-state index contributed by atoms with van der Waals surface area (Å²) in [7, 11) is 0. The summed E-state index contributed by atoms with van der Waals surface area (Å²) in [6, 6.07) is 7.83. The number of carboxylic acids is 1. The minimum absolute atomic E-state index is 0.147. The third kappa shape index (κ3) is 4.14. The number of amides is 1. The van der Waals surface area contributed by atoms with Gasteiger partial charge in [-0.15, -0.1) is 0 Å². The number of nitrogens with zero attached hydrogens (tertiary/aromatic N) is 2. The monoisotopic (exact) mass is 349 g/mol. The number of para-hydroxylation sites is 1. The summed E-state index contributed by atoms with van der Waals surface area (Å²) in [4.78, 5) is 23.6. The lowest BCUT2D eigenvalue weighted by molar-refractivity contribution is -0.139. The van der Waals surface area contributed by atoms with E-state index in [2.05, 4.69) is 10.4 Å². The Labute approximate surface area is 145 Å². The van der Waals surface area contributed by atoms with Gasteiger partial charge in [0.1, 0.15) is 6.04 Å². The van der Waals surface area contributed by atoms with Crippen molar-refractivity contribution in [2.45, 2.75) is 33.2 Å². The van der Waals surface area contributed by atoms with Crippen LogP contribution >= 0.6 is 11.6 Å². The maximum atomic E-state index is 12.3. The number of carbonyl (C=O) groups is 2. The number of benzene rings is 1. The zero-order valence-corrected chi connectivity index (χ0v) is 14.5. The molecule has 0 saturated heterocycles. The van der Waals surface area contributed by atoms with Gasteiger partial charge in [-0.3, -0.25) is 4.79 Å². The van der Waals surface area contributed by atoms with Crippen molar-refractivity contribution in [1.29, 1.82) is 0 Å². The second kappa shape index (κ2) is 7.49. The highest BCUT2D eigenvalue weighted by molar-refractivity contribution is 6.32. The SMILES string of the molecule is Cc1cc(C(=O)NC(CC(C)C)C(=O)O)nn1-c1ccccc1Cl. The van der Waals surface area contributed by atoms with Crippen molar-refractivity contribution < 1.29 is 14.7 Å². The largest absolute Gasteiger partial charge is 0.480 e. The van der Waals surface area contributed by atoms with E-state index in [1.54, 1.807) is 29.8 Å². The molecule has 24 heavy (non-hydrogen) atoms. The van der Waals surface area contributed by atoms with Crippen molar-refractivity contribution >= 4 is 23.5 Å². The summed E-state index contributed by atoms with van der Waals surface area (Å²) in [5.74, 6) is -1.43. The first-order chi connectivity index (χ1) is 11.3. The Hall–Kier alpha value is -2.34. The number of halogens is 1. The van der Waals surface area contributed by atoms with E-state index in [0.717, 1.165) is 5.69 Å². The van der Waals surface area contributed by atoms with Crippen LogP contribution in [0, 0.1) is 12.8 Å². The first-order valence-corrected chi connectivity index (χ1v) is 8.02. The van der Waals surface area contributed by atoms with Crippen molar-refractivity contribution in [1.82, 2.24) is 15.1 Å². The Morgan fingerprint density at radius 2 is 2.00 bits per heavy atom. The minimum Gasteiger partial charge on any atom is -0.480 e. The molecule has 2 aromatic rings. The Morgan fingerprint density at radius 3 is 2.58 bits per heavy atom. The molecule has 0 aliphatic rings. The van der Waals surface area contributed by atoms with E-state index in [1.807, 2.05) is 26.0 Å². The summed E-state index contributed by atoms with van der Waals surface area (Å²) in [6.45, 7) is 5.60. The smallest absolute Gasteiger partial charge is 0.326 e. The molecule has 1 heterocycles. The summed E-state index contributed by atoms with van der Waals surface area (Å²) in [5.41, 5.74) is 1.54. The maximum absolute atomic E-state index is 12.3. The van der Waals surface area contributed by atoms with Crippen LogP contribution in [-0.4, -0.2) is 32.8 Å². The number of aliphatic carboxylic acids is 1. The van der Waals surface area contributed by atoms with Crippen LogP contribution in [0.25, 0.3) is 5.69 Å². The van der Waals surface area contributed by atoms with Crippen LogP contribution in [0.5, 0.6) is 0 Å². The summed E-state index contributed by atoms with van der Waals surface area (Å²) in [6.07, 6.45) is 0.352. The number of carbonyl (C=O) groups excluding carboxylic acids is 1. The second-order valence-electron chi connectivity index (χ2n) is 6.03. The number of aryl methyl sites for hydroxylation is 1. The molecule has 1 unspecified atom stereocenters. The van der Waals surface area contributed by atoms with Crippen LogP contribution < -0.4 is 5.32 Å². The average molecular weight is 350 g/mol. The van der Waals surface area contributed by atoms with Gasteiger partial charge < -0.3 is 10.4 Å². The molecule has 2 N–H and O–H groups in total. The predicted octanol–water partition coefficient (Wildman–Crippen LogP) is 3.06. The van der Waals surface area contributed by atoms with E-state index in [9.17, 15) is 14.7 Å². The lowest BCUT2D eigenvalue weighted by Crippen LogP contribution is -2.41. The maximum Gasteiger partial charge on any atom is 0.326 e. The molecular formula is C17H20ClN3O3. The lowest BCUT2D eigenvalue weighted by Gasteiger charge is -2.15. The summed E-state index contributed by atoms with van der Waals surface area (Å²) < 4.78 is 1.56. The van der Waals surface area contributed by atoms with Crippen LogP contribution in [0.4, 0.5) is 0 Å². The van der Waals surface area contributed by atoms with Crippen molar-refractivity contribution in [2.24, 2.45) is 5.92 Å². The third-order valence-corrected chi connectivity index (χ3v) is 3.83. The summed E-state index contributed by atoms with van der Waals surface area (Å²) >= 11 is 6.16. The molecule has 1 atom stereocenters. The molecule has 2 rings (SSSR count). The van der Waals surface area contributed by atoms with E-state index in [0.29, 0.717) is 17.1 Å². The van der Waals surface area contributed by atoms with Gasteiger partial charge in [0, 0.05) is 5.69 Å². The molecular weight excluding hydrogens is 330 g/mol. The minimum atomic E-state index is -1.06. The second-order valence-corrected chi connectivity index (χ2v) is 6.44. The van der Waals surface area contributed by atoms with Crippen molar-refractivity contribution in [3.8, 4) is 5.69 Å². The first-order valence-electron chi connectivity index (χ1n) is 7.64. The molecule has 0 aliphatic heterocycles. The Morgan fingerprint density at radius 1 is 1.33 bits per heavy atom. The topological polar surface area (TPSA) is 84.2 Å². The molecule has 7 heteroatoms. The quantitative estimate of drug-likeness (QED) is 0.839. The fraction of sp³-hybridized carbons (Fsp3) is 0.353. The zero-order valence-electron chi connectivity index (χ0n) is 13.8. The predicted molar refractivity (Wildman–Crippen MR) is 91.7 cm³/mol. The Kier molecular flexibility index (Phi) is 5.62. The molecule has 0 fully saturated rings. The van der Waals surface area contributed by atoms with Gasteiger partial charge in [0.05, 0.1) is 10.7 Å². The van der Waals surface area contributed by atoms with Crippen molar-refractivity contribution in [2.75, 3.05) is 0 Å². The molecule has 6 nitrogen and oxygen atoms in total. The normalized spacial score (nSPS) is 12.2. The number of hydrogen-bond donors (Lipinski definition) is 2. The number of carboxylic acid groups (broad SMARTS) is 1. The first kappa shape index (κ1) is 18.0. The van der Waals surface area contributed by atoms with E-state index < -0.39 is 17.9 Å². The van der Waals surface area contributed by atoms with Gasteiger partial charge in [0.25, 0.3) is 5.91 Å². The van der Waals surface area contributed by atoms with Crippen LogP contribution in [-0.2, 0) is 4.79 Å². The van der Waals surface area contributed by atoms with Crippen LogP contribution in [0.1, 0.15) is 36.5 Å². The molecule has 1 amide bonds. The van der Waals surface area contributed by atoms with Crippen molar-refractivity contribution in [3.05, 3.63) is 46.7 Å². The van der Waals surface area contributed by atoms with Crippen LogP contribution in [0.3, 0.4) is 0 Å². The van der Waals surface area contributed by atoms with Crippen molar-refractivity contribution in [3.63, 3.8) is 0 Å². The molecule has 0 bridgehead atoms. The molecule has 0 spiro atoms. The molecule has 128 valence electrons. The van der Waals surface area contributed by atoms with E-state index in [4.69, 9.17) is 11.6 Å². The van der Waals surface area contributed by atoms with E-state index >= 15 is 0 Å². The number of rotatable bonds is 6. The van der Waals surface area contributed by atoms with Gasteiger partial charge in [-0.1, -0.05) is 37.6 Å². The standard InChI is InChI=1S/C17H20ClN3O3/c1-10(2)8-14(17(23)24)19-16(22)13-9-11(3)21(20-13)15-7-5-4-6-12(15)18/h4-7,9-10,14H,8H2,1-3H3,(H,19,22)(H,23,24). The highest BCUT2D eigenvalue weighted by Crippen LogP contribution is 2.21. The fourth-order valence-corrected chi connectivity index (χ4v) is 2.59. The lowest BCUT2D eigenvalue weighted by atomic mass is 10.0. The number of nitrogens with one attached hydrogen (secondary N) is 1. The molecule has 0 aliphatic carbocycles. The van der Waals surface area contributed by atoms with Gasteiger partial charge in [0.15, 0.2) is 5.69 Å². The van der Waals surface area contributed by atoms with Crippen LogP contribution in [0.2, 0.25) is 5.02 Å². The zero-order chi connectivity index (χ0) is 17.9. The number of hydrogen-bond acceptors (Lipinski definition) is 3. The van der Waals surface area contributed by atoms with E-state index in [1.165, 1.54) is 0 Å². The molecule has 0 saturated carbocycles. The average Bonchev–Trinajstić information content (AvgIpc) is 2.88. The third-order valence-electron chi connectivity index (χ3n) is 3.51. The number of aromatic nitrogens is 2. The van der Waals surface area contributed by atoms with Gasteiger partial charge in [-0.2, -0.15) is 5.10 Å². The highest BCUT2D eigenvalue weighted by Gasteiger charge is 2.23. The van der Waals surface area contributed by atoms with Gasteiger partial charge >= 0.3 is 5.97 Å². The Bertz CT molecular complexity index is 755. The summed E-state index contributed by atoms with van der Waals surface area (Å²) in [5, 5.41) is 16.5. The van der Waals surface area contributed by atoms with E-state index in [-0.39, 0.29) is 11.6 Å². The fourth-order valence-electron chi connectivity index (χ4n) is 2.38. The molecule has 0 radical (unpaired) electrons. The van der Waals surface area contributed by atoms with Gasteiger partial charge in [-0.25, -0.2) is 9.48 Å². The van der Waals surface area contributed by atoms with Gasteiger partial charge in [-0.05, 0) is 37.5 Å². The Balaban J connectivity index is 2.24. The molecule has 1 aromatic carbocycles. The van der Waals surface area contributed by atoms with Crippen LogP contribution in [0.15, 0.2) is 30.3 Å². The highest BCUT2D eigenvalue weighted by atomic mass is 35.5. The van der Waals surface area contributed by atoms with Gasteiger partial charge in [0.2, 0.25) is 0 Å². The molecule has 1 aromatic heterocycles.